The summed E-state index contributed by atoms with van der Waals surface area (Å²) in [5, 5.41) is 13.6. The lowest BCUT2D eigenvalue weighted by molar-refractivity contribution is -0.143. The minimum atomic E-state index is -1.49. The molecule has 0 saturated carbocycles. The predicted octanol–water partition coefficient (Wildman–Crippen LogP) is -1.58. The molecule has 1 aromatic carbocycles. The molecule has 0 aliphatic heterocycles. The van der Waals surface area contributed by atoms with E-state index in [0.29, 0.717) is 0 Å². The van der Waals surface area contributed by atoms with Crippen molar-refractivity contribution < 1.29 is 24.3 Å². The number of carbonyl (C=O) groups excluding carboxylic acids is 3. The third kappa shape index (κ3) is 7.11. The zero-order valence-electron chi connectivity index (χ0n) is 13.9. The number of benzene rings is 1. The van der Waals surface area contributed by atoms with E-state index in [9.17, 15) is 19.2 Å². The largest absolute Gasteiger partial charge is 0.480 e. The molecule has 3 atom stereocenters. The quantitative estimate of drug-likeness (QED) is 0.267. The number of amides is 3. The van der Waals surface area contributed by atoms with E-state index in [1.807, 2.05) is 30.3 Å². The Kier molecular flexibility index (Phi) is 8.59. The van der Waals surface area contributed by atoms with Gasteiger partial charge in [0.15, 0.2) is 0 Å². The third-order valence-electron chi connectivity index (χ3n) is 3.47. The summed E-state index contributed by atoms with van der Waals surface area (Å²) in [4.78, 5) is 46.3. The van der Waals surface area contributed by atoms with Crippen LogP contribution in [-0.4, -0.2) is 52.7 Å². The molecule has 0 saturated heterocycles. The molecule has 3 unspecified atom stereocenters. The van der Waals surface area contributed by atoms with Gasteiger partial charge in [-0.15, -0.1) is 0 Å². The summed E-state index contributed by atoms with van der Waals surface area (Å²) in [5.41, 5.74) is 11.7. The van der Waals surface area contributed by atoms with Gasteiger partial charge in [0.25, 0.3) is 0 Å². The molecule has 0 aromatic heterocycles. The van der Waals surface area contributed by atoms with Crippen molar-refractivity contribution in [1.29, 1.82) is 0 Å². The fourth-order valence-electron chi connectivity index (χ4n) is 2.11. The molecule has 0 aliphatic rings. The zero-order valence-corrected chi connectivity index (χ0v) is 14.8. The Balaban J connectivity index is 2.66. The topological polar surface area (TPSA) is 165 Å². The first kappa shape index (κ1) is 21.5. The van der Waals surface area contributed by atoms with Crippen LogP contribution in [-0.2, 0) is 25.6 Å². The highest BCUT2D eigenvalue weighted by atomic mass is 32.1. The number of nitrogens with two attached hydrogens (primary N) is 2. The summed E-state index contributed by atoms with van der Waals surface area (Å²) < 4.78 is 0. The predicted molar refractivity (Wildman–Crippen MR) is 97.3 cm³/mol. The van der Waals surface area contributed by atoms with Gasteiger partial charge in [-0.25, -0.2) is 4.79 Å². The average molecular weight is 382 g/mol. The van der Waals surface area contributed by atoms with Gasteiger partial charge in [-0.3, -0.25) is 14.4 Å². The Hall–Kier alpha value is -2.59. The maximum atomic E-state index is 12.2. The molecule has 9 nitrogen and oxygen atoms in total. The van der Waals surface area contributed by atoms with Crippen molar-refractivity contribution in [3.8, 4) is 0 Å². The highest BCUT2D eigenvalue weighted by Crippen LogP contribution is 2.03. The van der Waals surface area contributed by atoms with E-state index in [4.69, 9.17) is 16.6 Å². The monoisotopic (exact) mass is 382 g/mol. The van der Waals surface area contributed by atoms with Gasteiger partial charge in [0.2, 0.25) is 17.7 Å². The lowest BCUT2D eigenvalue weighted by atomic mass is 10.1. The van der Waals surface area contributed by atoms with Crippen LogP contribution in [0.2, 0.25) is 0 Å². The van der Waals surface area contributed by atoms with Crippen LogP contribution in [0.5, 0.6) is 0 Å². The van der Waals surface area contributed by atoms with E-state index in [-0.39, 0.29) is 12.2 Å². The molecule has 1 rings (SSSR count). The Labute approximate surface area is 155 Å². The van der Waals surface area contributed by atoms with Gasteiger partial charge >= 0.3 is 5.97 Å². The van der Waals surface area contributed by atoms with Crippen LogP contribution in [0.1, 0.15) is 12.0 Å². The summed E-state index contributed by atoms with van der Waals surface area (Å²) in [6.45, 7) is 0. The lowest BCUT2D eigenvalue weighted by Gasteiger charge is -2.21. The van der Waals surface area contributed by atoms with Gasteiger partial charge in [0, 0.05) is 5.75 Å². The van der Waals surface area contributed by atoms with Gasteiger partial charge in [-0.1, -0.05) is 30.3 Å². The second kappa shape index (κ2) is 10.4. The van der Waals surface area contributed by atoms with E-state index in [0.717, 1.165) is 5.56 Å². The normalized spacial score (nSPS) is 13.9. The van der Waals surface area contributed by atoms with Gasteiger partial charge < -0.3 is 27.2 Å². The first-order chi connectivity index (χ1) is 12.2. The summed E-state index contributed by atoms with van der Waals surface area (Å²) in [5.74, 6) is -3.76. The summed E-state index contributed by atoms with van der Waals surface area (Å²) >= 11 is 3.99. The van der Waals surface area contributed by atoms with Crippen LogP contribution >= 0.6 is 12.6 Å². The van der Waals surface area contributed by atoms with E-state index >= 15 is 0 Å². The molecule has 7 N–H and O–H groups in total. The van der Waals surface area contributed by atoms with Crippen molar-refractivity contribution >= 4 is 36.3 Å². The molecule has 0 fully saturated rings. The Morgan fingerprint density at radius 1 is 1.04 bits per heavy atom. The number of primary amides is 1. The van der Waals surface area contributed by atoms with Crippen molar-refractivity contribution in [3.05, 3.63) is 35.9 Å². The number of carbonyl (C=O) groups is 4. The Bertz CT molecular complexity index is 655. The molecule has 0 radical (unpaired) electrons. The molecular weight excluding hydrogens is 360 g/mol. The molecule has 142 valence electrons. The third-order valence-corrected chi connectivity index (χ3v) is 3.84. The first-order valence-electron chi connectivity index (χ1n) is 7.76. The SMILES string of the molecule is NC(=O)CC(NC(=O)C(CS)NC(=O)C(N)Cc1ccccc1)C(=O)O. The average Bonchev–Trinajstić information content (AvgIpc) is 2.58. The van der Waals surface area contributed by atoms with Crippen molar-refractivity contribution in [2.75, 3.05) is 5.75 Å². The van der Waals surface area contributed by atoms with Crippen LogP contribution in [0.4, 0.5) is 0 Å². The van der Waals surface area contributed by atoms with E-state index < -0.39 is 48.2 Å². The van der Waals surface area contributed by atoms with E-state index in [1.54, 1.807) is 0 Å². The number of nitrogens with one attached hydrogen (secondary N) is 2. The smallest absolute Gasteiger partial charge is 0.326 e. The number of hydrogen-bond donors (Lipinski definition) is 6. The molecule has 0 bridgehead atoms. The van der Waals surface area contributed by atoms with Crippen LogP contribution in [0, 0.1) is 0 Å². The van der Waals surface area contributed by atoms with Crippen LogP contribution < -0.4 is 22.1 Å². The highest BCUT2D eigenvalue weighted by molar-refractivity contribution is 7.80. The van der Waals surface area contributed by atoms with Crippen molar-refractivity contribution in [3.63, 3.8) is 0 Å². The lowest BCUT2D eigenvalue weighted by Crippen LogP contribution is -2.56. The summed E-state index contributed by atoms with van der Waals surface area (Å²) in [6, 6.07) is 5.60. The molecule has 3 amide bonds. The van der Waals surface area contributed by atoms with Crippen LogP contribution in [0.3, 0.4) is 0 Å². The molecule has 0 heterocycles. The van der Waals surface area contributed by atoms with E-state index in [1.165, 1.54) is 0 Å². The first-order valence-corrected chi connectivity index (χ1v) is 8.40. The number of rotatable bonds is 10. The zero-order chi connectivity index (χ0) is 19.7. The van der Waals surface area contributed by atoms with Gasteiger partial charge in [0.1, 0.15) is 12.1 Å². The van der Waals surface area contributed by atoms with Crippen LogP contribution in [0.25, 0.3) is 0 Å². The number of thiol groups is 1. The fourth-order valence-corrected chi connectivity index (χ4v) is 2.36. The maximum Gasteiger partial charge on any atom is 0.326 e. The Morgan fingerprint density at radius 2 is 1.62 bits per heavy atom. The number of carboxylic acids is 1. The van der Waals surface area contributed by atoms with Gasteiger partial charge in [-0.2, -0.15) is 12.6 Å². The van der Waals surface area contributed by atoms with Crippen molar-refractivity contribution in [2.45, 2.75) is 31.0 Å². The number of carboxylic acid groups (broad SMARTS) is 1. The van der Waals surface area contributed by atoms with Gasteiger partial charge in [-0.05, 0) is 12.0 Å². The molecule has 10 heteroatoms. The van der Waals surface area contributed by atoms with Crippen molar-refractivity contribution in [1.82, 2.24) is 10.6 Å². The fraction of sp³-hybridized carbons (Fsp3) is 0.375. The summed E-state index contributed by atoms with van der Waals surface area (Å²) in [6.07, 6.45) is -0.297. The highest BCUT2D eigenvalue weighted by Gasteiger charge is 2.28. The van der Waals surface area contributed by atoms with Crippen LogP contribution in [0.15, 0.2) is 30.3 Å². The number of hydrogen-bond acceptors (Lipinski definition) is 6. The molecule has 26 heavy (non-hydrogen) atoms. The Morgan fingerprint density at radius 3 is 2.12 bits per heavy atom. The minimum Gasteiger partial charge on any atom is -0.480 e. The maximum absolute atomic E-state index is 12.2. The number of aliphatic carboxylic acids is 1. The molecule has 1 aromatic rings. The molecular formula is C16H22N4O5S. The second-order valence-corrected chi connectivity index (χ2v) is 5.97. The molecule has 0 aliphatic carbocycles. The van der Waals surface area contributed by atoms with E-state index in [2.05, 4.69) is 23.3 Å². The van der Waals surface area contributed by atoms with Crippen molar-refractivity contribution in [2.24, 2.45) is 11.5 Å². The summed E-state index contributed by atoms with van der Waals surface area (Å²) in [7, 11) is 0. The van der Waals surface area contributed by atoms with Gasteiger partial charge in [0.05, 0.1) is 12.5 Å². The molecule has 0 spiro atoms. The second-order valence-electron chi connectivity index (χ2n) is 5.61. The standard InChI is InChI=1S/C16H22N4O5S/c17-10(6-9-4-2-1-3-5-9)14(22)20-12(8-26)15(23)19-11(16(24)25)7-13(18)21/h1-5,10-12,26H,6-8,17H2,(H2,18,21)(H,19,23)(H,20,22)(H,24,25). The minimum absolute atomic E-state index is 0.0848.